The molecule has 4 N–H and O–H groups in total. The minimum atomic E-state index is -1.35. The van der Waals surface area contributed by atoms with Crippen molar-refractivity contribution in [3.05, 3.63) is 90.3 Å². The first kappa shape index (κ1) is 33.5. The zero-order valence-corrected chi connectivity index (χ0v) is 26.4. The number of aromatic nitrogens is 4. The number of likely N-dealkylation sites (tertiary alicyclic amines) is 1. The number of anilines is 2. The molecule has 2 fully saturated rings. The number of nitrogens with two attached hydrogens (primary N) is 1. The second-order valence-electron chi connectivity index (χ2n) is 11.5. The fraction of sp³-hybridized carbons (Fsp3) is 0.333. The van der Waals surface area contributed by atoms with Crippen LogP contribution < -0.4 is 16.4 Å². The number of hydrogen-bond acceptors (Lipinski definition) is 9. The Morgan fingerprint density at radius 2 is 1.68 bits per heavy atom. The molecule has 0 radical (unpaired) electrons. The number of ether oxygens (including phenoxy) is 1. The molecule has 0 bridgehead atoms. The molecule has 2 aromatic carbocycles. The van der Waals surface area contributed by atoms with Crippen molar-refractivity contribution in [3.63, 3.8) is 0 Å². The minimum Gasteiger partial charge on any atom is -0.442 e. The van der Waals surface area contributed by atoms with Crippen LogP contribution in [0.15, 0.2) is 73.2 Å². The first-order valence-corrected chi connectivity index (χ1v) is 15.3. The van der Waals surface area contributed by atoms with E-state index in [1.807, 2.05) is 15.8 Å². The summed E-state index contributed by atoms with van der Waals surface area (Å²) < 4.78 is 20.9. The van der Waals surface area contributed by atoms with Crippen molar-refractivity contribution in [2.45, 2.75) is 37.8 Å². The van der Waals surface area contributed by atoms with Gasteiger partial charge in [-0.05, 0) is 63.0 Å². The van der Waals surface area contributed by atoms with Crippen molar-refractivity contribution < 1.29 is 23.5 Å². The average molecular weight is 663 g/mol. The number of nitrogens with zero attached hydrogens (tertiary/aromatic N) is 5. The highest BCUT2D eigenvalue weighted by molar-refractivity contribution is 5.99. The molecular formula is C33H36ClFN8O4. The van der Waals surface area contributed by atoms with Gasteiger partial charge in [0.1, 0.15) is 5.82 Å². The van der Waals surface area contributed by atoms with E-state index in [0.717, 1.165) is 38.8 Å². The van der Waals surface area contributed by atoms with Gasteiger partial charge >= 0.3 is 5.97 Å². The van der Waals surface area contributed by atoms with Gasteiger partial charge in [0.25, 0.3) is 5.91 Å². The number of benzene rings is 2. The van der Waals surface area contributed by atoms with Crippen LogP contribution in [0.25, 0.3) is 11.3 Å². The lowest BCUT2D eigenvalue weighted by Crippen LogP contribution is -2.44. The maximum absolute atomic E-state index is 13.4. The maximum atomic E-state index is 13.4. The highest BCUT2D eigenvalue weighted by atomic mass is 35.5. The lowest BCUT2D eigenvalue weighted by Gasteiger charge is -2.35. The van der Waals surface area contributed by atoms with Gasteiger partial charge in [-0.2, -0.15) is 5.10 Å². The molecular weight excluding hydrogens is 627 g/mol. The highest BCUT2D eigenvalue weighted by Gasteiger charge is 2.31. The Morgan fingerprint density at radius 1 is 0.979 bits per heavy atom. The molecule has 4 aromatic rings. The molecule has 14 heteroatoms. The first-order chi connectivity index (χ1) is 22.4. The molecule has 0 spiro atoms. The Labute approximate surface area is 277 Å². The monoisotopic (exact) mass is 662 g/mol. The summed E-state index contributed by atoms with van der Waals surface area (Å²) in [5.74, 6) is -1.83. The Morgan fingerprint density at radius 3 is 2.38 bits per heavy atom. The van der Waals surface area contributed by atoms with Crippen molar-refractivity contribution in [2.75, 3.05) is 37.2 Å². The number of carbonyl (C=O) groups is 3. The lowest BCUT2D eigenvalue weighted by atomic mass is 9.95. The summed E-state index contributed by atoms with van der Waals surface area (Å²) in [4.78, 5) is 50.2. The number of piperidine rings is 2. The number of carbonyl (C=O) groups excluding carboxylic acids is 3. The zero-order valence-electron chi connectivity index (χ0n) is 25.5. The summed E-state index contributed by atoms with van der Waals surface area (Å²) in [7, 11) is 0. The molecule has 4 heterocycles. The molecule has 2 amide bonds. The van der Waals surface area contributed by atoms with Crippen molar-refractivity contribution in [2.24, 2.45) is 5.92 Å². The largest absolute Gasteiger partial charge is 0.442 e. The van der Waals surface area contributed by atoms with Crippen molar-refractivity contribution in [3.8, 4) is 11.3 Å². The Hall–Kier alpha value is -4.88. The number of esters is 1. The first-order valence-electron chi connectivity index (χ1n) is 15.3. The van der Waals surface area contributed by atoms with Crippen LogP contribution in [0.4, 0.5) is 15.9 Å². The van der Waals surface area contributed by atoms with Crippen LogP contribution in [0.3, 0.4) is 0 Å². The van der Waals surface area contributed by atoms with Gasteiger partial charge < -0.3 is 26.0 Å². The second-order valence-corrected chi connectivity index (χ2v) is 11.5. The van der Waals surface area contributed by atoms with E-state index in [1.54, 1.807) is 36.5 Å². The van der Waals surface area contributed by atoms with Crippen LogP contribution in [-0.4, -0.2) is 68.6 Å². The quantitative estimate of drug-likeness (QED) is 0.235. The summed E-state index contributed by atoms with van der Waals surface area (Å²) in [6, 6.07) is 13.8. The van der Waals surface area contributed by atoms with Crippen molar-refractivity contribution >= 4 is 41.7 Å². The normalized spacial score (nSPS) is 16.1. The highest BCUT2D eigenvalue weighted by Crippen LogP contribution is 2.28. The molecule has 0 saturated carbocycles. The number of hydrogen-bond donors (Lipinski definition) is 3. The van der Waals surface area contributed by atoms with Crippen LogP contribution in [0.1, 0.15) is 53.9 Å². The van der Waals surface area contributed by atoms with Crippen LogP contribution >= 0.6 is 12.4 Å². The van der Waals surface area contributed by atoms with Crippen LogP contribution in [0.5, 0.6) is 0 Å². The molecule has 47 heavy (non-hydrogen) atoms. The molecule has 246 valence electrons. The molecule has 2 aliphatic heterocycles. The van der Waals surface area contributed by atoms with Crippen molar-refractivity contribution in [1.29, 1.82) is 0 Å². The van der Waals surface area contributed by atoms with E-state index in [2.05, 4.69) is 25.7 Å². The van der Waals surface area contributed by atoms with E-state index in [-0.39, 0.29) is 41.8 Å². The predicted molar refractivity (Wildman–Crippen MR) is 175 cm³/mol. The van der Waals surface area contributed by atoms with Crippen molar-refractivity contribution in [1.82, 2.24) is 30.0 Å². The summed E-state index contributed by atoms with van der Waals surface area (Å²) in [6.45, 7) is 3.13. The number of halogens is 2. The molecule has 0 aliphatic carbocycles. The van der Waals surface area contributed by atoms with Gasteiger partial charge in [-0.15, -0.1) is 12.4 Å². The van der Waals surface area contributed by atoms with Gasteiger partial charge in [0.15, 0.2) is 11.5 Å². The predicted octanol–water partition coefficient (Wildman–Crippen LogP) is 4.18. The minimum absolute atomic E-state index is 0. The van der Waals surface area contributed by atoms with Gasteiger partial charge in [0.2, 0.25) is 12.0 Å². The molecule has 6 rings (SSSR count). The van der Waals surface area contributed by atoms with E-state index in [4.69, 9.17) is 10.5 Å². The van der Waals surface area contributed by atoms with E-state index >= 15 is 0 Å². The molecule has 1 atom stereocenters. The van der Waals surface area contributed by atoms with E-state index in [1.165, 1.54) is 30.5 Å². The Kier molecular flexibility index (Phi) is 10.8. The number of rotatable bonds is 8. The second kappa shape index (κ2) is 15.1. The smallest absolute Gasteiger partial charge is 0.361 e. The van der Waals surface area contributed by atoms with Crippen LogP contribution in [-0.2, 0) is 14.3 Å². The average Bonchev–Trinajstić information content (AvgIpc) is 3.59. The van der Waals surface area contributed by atoms with E-state index in [0.29, 0.717) is 35.6 Å². The lowest BCUT2D eigenvalue weighted by molar-refractivity contribution is -0.137. The van der Waals surface area contributed by atoms with Crippen LogP contribution in [0, 0.1) is 11.7 Å². The number of nitrogen functional groups attached to an aromatic ring is 1. The Bertz CT molecular complexity index is 1690. The summed E-state index contributed by atoms with van der Waals surface area (Å²) in [5, 5.41) is 10.5. The Balaban J connectivity index is 0.00000433. The van der Waals surface area contributed by atoms with Gasteiger partial charge in [-0.25, -0.2) is 19.2 Å². The van der Waals surface area contributed by atoms with E-state index < -0.39 is 23.8 Å². The van der Waals surface area contributed by atoms with Crippen LogP contribution in [0.2, 0.25) is 0 Å². The fourth-order valence-corrected chi connectivity index (χ4v) is 5.84. The summed E-state index contributed by atoms with van der Waals surface area (Å²) in [5.41, 5.74) is 7.54. The SMILES string of the molecule is Cl.Nc1ncc(-c2cnn(C3CCN(C(=O)C4CCNCC4)CC3)c2)nc1C(=O)O[C@@H](C(=O)Nc1ccc(F)cc1)c1ccccc1. The maximum Gasteiger partial charge on any atom is 0.361 e. The fourth-order valence-electron chi connectivity index (χ4n) is 5.84. The zero-order chi connectivity index (χ0) is 32.0. The number of amides is 2. The number of nitrogens with one attached hydrogen (secondary N) is 2. The van der Waals surface area contributed by atoms with Gasteiger partial charge in [-0.1, -0.05) is 30.3 Å². The molecule has 0 unspecified atom stereocenters. The summed E-state index contributed by atoms with van der Waals surface area (Å²) >= 11 is 0. The third-order valence-electron chi connectivity index (χ3n) is 8.41. The third-order valence-corrected chi connectivity index (χ3v) is 8.41. The topological polar surface area (TPSA) is 157 Å². The standard InChI is InChI=1S/C33H35FN8O4.ClH/c34-24-6-8-25(9-7-24)39-31(43)29(21-4-2-1-3-5-21)46-33(45)28-30(35)37-19-27(40-28)23-18-38-42(20-23)26-12-16-41(17-13-26)32(44)22-10-14-36-15-11-22;/h1-9,18-20,22,26,29,36H,10-17H2,(H2,35,37)(H,39,43);1H/t29-;/m1./s1. The van der Waals surface area contributed by atoms with Gasteiger partial charge in [-0.3, -0.25) is 14.3 Å². The van der Waals surface area contributed by atoms with Gasteiger partial charge in [0.05, 0.1) is 24.1 Å². The molecule has 2 aromatic heterocycles. The van der Waals surface area contributed by atoms with E-state index in [9.17, 15) is 18.8 Å². The molecule has 2 saturated heterocycles. The summed E-state index contributed by atoms with van der Waals surface area (Å²) in [6.07, 6.45) is 6.92. The molecule has 2 aliphatic rings. The third kappa shape index (κ3) is 7.92. The molecule has 12 nitrogen and oxygen atoms in total. The van der Waals surface area contributed by atoms with Gasteiger partial charge in [0, 0.05) is 42.0 Å².